The highest BCUT2D eigenvalue weighted by molar-refractivity contribution is 5.82. The number of nitrogens with one attached hydrogen (secondary N) is 1. The molecular formula is C22H22N4O. The molecule has 0 saturated carbocycles. The van der Waals surface area contributed by atoms with E-state index >= 15 is 0 Å². The highest BCUT2D eigenvalue weighted by atomic mass is 16.3. The van der Waals surface area contributed by atoms with Crippen molar-refractivity contribution in [3.8, 4) is 0 Å². The van der Waals surface area contributed by atoms with Crippen molar-refractivity contribution in [1.29, 1.82) is 0 Å². The van der Waals surface area contributed by atoms with Crippen molar-refractivity contribution < 1.29 is 4.42 Å². The fourth-order valence-corrected chi connectivity index (χ4v) is 4.13. The maximum Gasteiger partial charge on any atom is 0.134 e. The van der Waals surface area contributed by atoms with Crippen LogP contribution in [-0.2, 0) is 13.0 Å². The summed E-state index contributed by atoms with van der Waals surface area (Å²) in [7, 11) is 0. The molecule has 0 spiro atoms. The maximum absolute atomic E-state index is 6.23. The molecule has 5 rings (SSSR count). The molecular weight excluding hydrogens is 336 g/mol. The van der Waals surface area contributed by atoms with Gasteiger partial charge in [0.25, 0.3) is 0 Å². The Labute approximate surface area is 158 Å². The molecule has 1 unspecified atom stereocenters. The molecule has 0 fully saturated rings. The summed E-state index contributed by atoms with van der Waals surface area (Å²) in [5.74, 6) is 1.04. The minimum Gasteiger partial charge on any atom is -0.459 e. The number of aromatic nitrogens is 3. The van der Waals surface area contributed by atoms with Gasteiger partial charge in [0.1, 0.15) is 11.3 Å². The van der Waals surface area contributed by atoms with E-state index < -0.39 is 0 Å². The smallest absolute Gasteiger partial charge is 0.134 e. The van der Waals surface area contributed by atoms with E-state index in [0.717, 1.165) is 36.5 Å². The number of fused-ring (bicyclic) bond motifs is 2. The molecule has 0 amide bonds. The van der Waals surface area contributed by atoms with E-state index in [4.69, 9.17) is 4.42 Å². The van der Waals surface area contributed by atoms with Crippen LogP contribution in [0.25, 0.3) is 11.0 Å². The second-order valence-electron chi connectivity index (χ2n) is 7.32. The molecule has 4 aromatic rings. The molecule has 1 N–H and O–H groups in total. The Hall–Kier alpha value is -2.92. The Balaban J connectivity index is 1.55. The summed E-state index contributed by atoms with van der Waals surface area (Å²) in [5.41, 5.74) is 7.00. The fraction of sp³-hybridized carbons (Fsp3) is 0.273. The van der Waals surface area contributed by atoms with Gasteiger partial charge >= 0.3 is 0 Å². The van der Waals surface area contributed by atoms with Gasteiger partial charge in [0.15, 0.2) is 0 Å². The molecule has 1 aromatic carbocycles. The highest BCUT2D eigenvalue weighted by Gasteiger charge is 2.32. The lowest BCUT2D eigenvalue weighted by molar-refractivity contribution is 0.186. The van der Waals surface area contributed by atoms with Crippen LogP contribution in [0.1, 0.15) is 39.9 Å². The third-order valence-electron chi connectivity index (χ3n) is 5.58. The van der Waals surface area contributed by atoms with Crippen LogP contribution in [0.3, 0.4) is 0 Å². The number of furan rings is 1. The summed E-state index contributed by atoms with van der Waals surface area (Å²) >= 11 is 0. The van der Waals surface area contributed by atoms with Crippen molar-refractivity contribution in [1.82, 2.24) is 19.9 Å². The van der Waals surface area contributed by atoms with Gasteiger partial charge in [0, 0.05) is 36.4 Å². The van der Waals surface area contributed by atoms with Gasteiger partial charge < -0.3 is 9.40 Å². The molecule has 0 aliphatic carbocycles. The van der Waals surface area contributed by atoms with Crippen molar-refractivity contribution >= 4 is 11.0 Å². The van der Waals surface area contributed by atoms with Crippen LogP contribution in [-0.4, -0.2) is 26.4 Å². The lowest BCUT2D eigenvalue weighted by Gasteiger charge is -2.34. The van der Waals surface area contributed by atoms with Gasteiger partial charge in [0.2, 0.25) is 0 Å². The molecule has 0 saturated heterocycles. The zero-order valence-corrected chi connectivity index (χ0v) is 15.6. The molecule has 5 nitrogen and oxygen atoms in total. The van der Waals surface area contributed by atoms with E-state index in [-0.39, 0.29) is 6.04 Å². The van der Waals surface area contributed by atoms with Crippen LogP contribution < -0.4 is 0 Å². The van der Waals surface area contributed by atoms with Crippen LogP contribution in [0.15, 0.2) is 53.5 Å². The van der Waals surface area contributed by atoms with Crippen molar-refractivity contribution in [2.24, 2.45) is 0 Å². The van der Waals surface area contributed by atoms with E-state index in [9.17, 15) is 0 Å². The average Bonchev–Trinajstić information content (AvgIpc) is 3.28. The number of rotatable bonds is 3. The number of H-pyrrole nitrogens is 1. The molecule has 0 radical (unpaired) electrons. The number of hydrogen-bond donors (Lipinski definition) is 1. The first-order valence-corrected chi connectivity index (χ1v) is 9.35. The molecule has 0 bridgehead atoms. The van der Waals surface area contributed by atoms with Crippen molar-refractivity contribution in [3.05, 3.63) is 82.9 Å². The Morgan fingerprint density at radius 1 is 1.19 bits per heavy atom. The number of nitrogens with zero attached hydrogens (tertiary/aromatic N) is 3. The molecule has 1 aliphatic rings. The second-order valence-corrected chi connectivity index (χ2v) is 7.32. The van der Waals surface area contributed by atoms with Crippen molar-refractivity contribution in [2.45, 2.75) is 32.9 Å². The van der Waals surface area contributed by atoms with E-state index in [0.29, 0.717) is 0 Å². The number of benzene rings is 1. The van der Waals surface area contributed by atoms with Gasteiger partial charge in [-0.15, -0.1) is 0 Å². The molecule has 1 atom stereocenters. The summed E-state index contributed by atoms with van der Waals surface area (Å²) in [4.78, 5) is 14.6. The minimum absolute atomic E-state index is 0.109. The molecule has 1 aliphatic heterocycles. The summed E-state index contributed by atoms with van der Waals surface area (Å²) in [6, 6.07) is 10.7. The lowest BCUT2D eigenvalue weighted by Crippen LogP contribution is -2.35. The largest absolute Gasteiger partial charge is 0.459 e. The van der Waals surface area contributed by atoms with Crippen molar-refractivity contribution in [3.63, 3.8) is 0 Å². The quantitative estimate of drug-likeness (QED) is 0.593. The average molecular weight is 358 g/mol. The highest BCUT2D eigenvalue weighted by Crippen LogP contribution is 2.36. The van der Waals surface area contributed by atoms with E-state index in [1.54, 1.807) is 6.33 Å². The standard InChI is InChI=1S/C22H22N4O/c1-14-3-4-19-17(11-14)15(2)20(27-19)12-26-10-7-18-21(25-13-24-18)22(26)16-5-8-23-9-6-16/h3-6,8-9,11,13,22H,7,10,12H2,1-2H3,(H,24,25). The zero-order chi connectivity index (χ0) is 18.4. The van der Waals surface area contributed by atoms with Crippen LogP contribution in [0.5, 0.6) is 0 Å². The topological polar surface area (TPSA) is 58.0 Å². The number of aryl methyl sites for hydroxylation is 2. The molecule has 136 valence electrons. The summed E-state index contributed by atoms with van der Waals surface area (Å²) < 4.78 is 6.23. The Morgan fingerprint density at radius 3 is 2.89 bits per heavy atom. The van der Waals surface area contributed by atoms with Gasteiger partial charge in [0.05, 0.1) is 24.6 Å². The first kappa shape index (κ1) is 16.3. The van der Waals surface area contributed by atoms with Gasteiger partial charge in [-0.25, -0.2) is 4.98 Å². The zero-order valence-electron chi connectivity index (χ0n) is 15.6. The Bertz CT molecular complexity index is 1100. The summed E-state index contributed by atoms with van der Waals surface area (Å²) in [6.07, 6.45) is 6.47. The van der Waals surface area contributed by atoms with Crippen molar-refractivity contribution in [2.75, 3.05) is 6.54 Å². The molecule has 4 heterocycles. The van der Waals surface area contributed by atoms with Gasteiger partial charge in [-0.1, -0.05) is 11.6 Å². The van der Waals surface area contributed by atoms with Gasteiger partial charge in [-0.2, -0.15) is 0 Å². The molecule has 3 aromatic heterocycles. The summed E-state index contributed by atoms with van der Waals surface area (Å²) in [5, 5.41) is 1.21. The Morgan fingerprint density at radius 2 is 2.04 bits per heavy atom. The summed E-state index contributed by atoms with van der Waals surface area (Å²) in [6.45, 7) is 6.00. The van der Waals surface area contributed by atoms with Gasteiger partial charge in [-0.3, -0.25) is 9.88 Å². The van der Waals surface area contributed by atoms with E-state index in [2.05, 4.69) is 64.0 Å². The third kappa shape index (κ3) is 2.75. The monoisotopic (exact) mass is 358 g/mol. The second kappa shape index (κ2) is 6.35. The number of imidazole rings is 1. The minimum atomic E-state index is 0.109. The fourth-order valence-electron chi connectivity index (χ4n) is 4.13. The number of hydrogen-bond acceptors (Lipinski definition) is 4. The van der Waals surface area contributed by atoms with Gasteiger partial charge in [-0.05, 0) is 49.2 Å². The Kier molecular flexibility index (Phi) is 3.83. The number of aromatic amines is 1. The molecule has 27 heavy (non-hydrogen) atoms. The SMILES string of the molecule is Cc1ccc2oc(CN3CCc4[nH]cnc4C3c3ccncc3)c(C)c2c1. The lowest BCUT2D eigenvalue weighted by atomic mass is 9.96. The first-order chi connectivity index (χ1) is 13.2. The predicted octanol–water partition coefficient (Wildman–Crippen LogP) is 4.32. The first-order valence-electron chi connectivity index (χ1n) is 9.35. The normalized spacial score (nSPS) is 17.3. The number of pyridine rings is 1. The van der Waals surface area contributed by atoms with E-state index in [1.165, 1.54) is 27.8 Å². The maximum atomic E-state index is 6.23. The van der Waals surface area contributed by atoms with Crippen LogP contribution >= 0.6 is 0 Å². The third-order valence-corrected chi connectivity index (χ3v) is 5.58. The predicted molar refractivity (Wildman–Crippen MR) is 104 cm³/mol. The van der Waals surface area contributed by atoms with Crippen LogP contribution in [0.4, 0.5) is 0 Å². The van der Waals surface area contributed by atoms with E-state index in [1.807, 2.05) is 12.4 Å². The molecule has 5 heteroatoms. The van der Waals surface area contributed by atoms with Crippen LogP contribution in [0, 0.1) is 13.8 Å². The van der Waals surface area contributed by atoms with Crippen LogP contribution in [0.2, 0.25) is 0 Å².